The number of rotatable bonds is 7. The average molecular weight is 616 g/mol. The van der Waals surface area contributed by atoms with Gasteiger partial charge in [-0.25, -0.2) is 4.39 Å². The van der Waals surface area contributed by atoms with Crippen LogP contribution in [-0.4, -0.2) is 75.1 Å². The maximum atomic E-state index is 13.4. The largest absolute Gasteiger partial charge is 0.499 e. The summed E-state index contributed by atoms with van der Waals surface area (Å²) in [5.41, 5.74) is 0.859. The van der Waals surface area contributed by atoms with E-state index in [1.54, 1.807) is 25.3 Å². The molecule has 1 aromatic carbocycles. The fourth-order valence-corrected chi connectivity index (χ4v) is 6.31. The van der Waals surface area contributed by atoms with Crippen molar-refractivity contribution in [3.05, 3.63) is 71.8 Å². The molecular formula is C35H50FNO7. The second kappa shape index (κ2) is 16.7. The van der Waals surface area contributed by atoms with Crippen LogP contribution in [0.4, 0.5) is 4.39 Å². The molecule has 0 aliphatic carbocycles. The lowest BCUT2D eigenvalue weighted by molar-refractivity contribution is -0.224. The van der Waals surface area contributed by atoms with Gasteiger partial charge in [0.2, 0.25) is 0 Å². The second-order valence-corrected chi connectivity index (χ2v) is 12.5. The van der Waals surface area contributed by atoms with Crippen LogP contribution in [0.5, 0.6) is 0 Å². The summed E-state index contributed by atoms with van der Waals surface area (Å²) in [6, 6.07) is 6.62. The maximum Gasteiger partial charge on any atom is 0.310 e. The van der Waals surface area contributed by atoms with E-state index in [-0.39, 0.29) is 54.6 Å². The highest BCUT2D eigenvalue weighted by Gasteiger charge is 2.41. The maximum absolute atomic E-state index is 13.4. The molecule has 3 aliphatic rings. The summed E-state index contributed by atoms with van der Waals surface area (Å²) in [5, 5.41) is 0. The molecule has 3 heterocycles. The minimum absolute atomic E-state index is 0.0385. The van der Waals surface area contributed by atoms with Gasteiger partial charge in [-0.15, -0.1) is 0 Å². The Kier molecular flexibility index (Phi) is 13.0. The Labute approximate surface area is 262 Å². The molecule has 3 aliphatic heterocycles. The molecule has 0 aromatic heterocycles. The zero-order valence-electron chi connectivity index (χ0n) is 27.0. The molecule has 0 amide bonds. The number of benzene rings is 1. The molecule has 244 valence electrons. The van der Waals surface area contributed by atoms with Crippen LogP contribution in [0, 0.1) is 17.7 Å². The summed E-state index contributed by atoms with van der Waals surface area (Å²) < 4.78 is 50.3. The van der Waals surface area contributed by atoms with Crippen molar-refractivity contribution in [2.45, 2.75) is 109 Å². The van der Waals surface area contributed by atoms with Gasteiger partial charge >= 0.3 is 5.97 Å². The standard InChI is InChI=1S/C35H50FNO7/c1-23-20-27-21-34(40-22-26-12-14-28(36)15-13-26)44-35(27)31(39-6)17-18-32(38)41-24(2)10-8-7-9-11-30(23)43-33-19-16-29(37(4)5)25(3)42-33/h7-9,11-15,17,23-25,27,29-30,33-35H,10,16,18-22H2,1-6H3/b8-7+,11-9+,31-17-/t23-,24-,25-,27-,29+,30+,33?,34-,35-/m1/s1. The van der Waals surface area contributed by atoms with Crippen LogP contribution < -0.4 is 0 Å². The number of hydrogen-bond acceptors (Lipinski definition) is 8. The number of hydrogen-bond donors (Lipinski definition) is 0. The Morgan fingerprint density at radius 3 is 2.48 bits per heavy atom. The molecule has 4 rings (SSSR count). The number of allylic oxidation sites excluding steroid dienone is 2. The van der Waals surface area contributed by atoms with Crippen molar-refractivity contribution in [2.75, 3.05) is 21.2 Å². The lowest BCUT2D eigenvalue weighted by atomic mass is 9.86. The lowest BCUT2D eigenvalue weighted by Gasteiger charge is -2.39. The number of ether oxygens (including phenoxy) is 6. The van der Waals surface area contributed by atoms with Gasteiger partial charge in [0.05, 0.1) is 32.3 Å². The first-order valence-corrected chi connectivity index (χ1v) is 15.9. The molecule has 9 heteroatoms. The molecule has 44 heavy (non-hydrogen) atoms. The smallest absolute Gasteiger partial charge is 0.310 e. The predicted octanol–water partition coefficient (Wildman–Crippen LogP) is 6.31. The van der Waals surface area contributed by atoms with E-state index in [9.17, 15) is 9.18 Å². The van der Waals surface area contributed by atoms with Crippen molar-refractivity contribution in [1.82, 2.24) is 4.90 Å². The molecule has 2 fully saturated rings. The minimum Gasteiger partial charge on any atom is -0.499 e. The van der Waals surface area contributed by atoms with Gasteiger partial charge in [-0.3, -0.25) is 4.79 Å². The number of carbonyl (C=O) groups is 1. The van der Waals surface area contributed by atoms with E-state index in [0.29, 0.717) is 31.2 Å². The summed E-state index contributed by atoms with van der Waals surface area (Å²) in [6.45, 7) is 6.48. The van der Waals surface area contributed by atoms with Crippen LogP contribution in [0.15, 0.2) is 60.4 Å². The van der Waals surface area contributed by atoms with E-state index in [4.69, 9.17) is 28.4 Å². The Morgan fingerprint density at radius 1 is 1.00 bits per heavy atom. The summed E-state index contributed by atoms with van der Waals surface area (Å²) >= 11 is 0. The molecule has 0 N–H and O–H groups in total. The molecule has 0 saturated carbocycles. The molecular weight excluding hydrogens is 565 g/mol. The zero-order valence-corrected chi connectivity index (χ0v) is 27.0. The predicted molar refractivity (Wildman–Crippen MR) is 166 cm³/mol. The number of cyclic esters (lactones) is 1. The average Bonchev–Trinajstić information content (AvgIpc) is 3.37. The van der Waals surface area contributed by atoms with E-state index >= 15 is 0 Å². The highest BCUT2D eigenvalue weighted by atomic mass is 19.1. The van der Waals surface area contributed by atoms with Gasteiger partial charge in [0.1, 0.15) is 23.8 Å². The van der Waals surface area contributed by atoms with Crippen LogP contribution in [0.25, 0.3) is 0 Å². The van der Waals surface area contributed by atoms with Crippen LogP contribution in [0.2, 0.25) is 0 Å². The third-order valence-corrected chi connectivity index (χ3v) is 8.72. The molecule has 0 radical (unpaired) electrons. The number of carbonyl (C=O) groups excluding carboxylic acids is 1. The summed E-state index contributed by atoms with van der Waals surface area (Å²) in [7, 11) is 5.77. The minimum atomic E-state index is -0.488. The number of halogens is 1. The number of nitrogens with zero attached hydrogens (tertiary/aromatic N) is 1. The van der Waals surface area contributed by atoms with Crippen LogP contribution in [0.1, 0.15) is 64.9 Å². The third-order valence-electron chi connectivity index (χ3n) is 8.72. The van der Waals surface area contributed by atoms with Crippen LogP contribution >= 0.6 is 0 Å². The van der Waals surface area contributed by atoms with E-state index in [1.165, 1.54) is 12.1 Å². The van der Waals surface area contributed by atoms with Gasteiger partial charge in [0.15, 0.2) is 12.6 Å². The highest BCUT2D eigenvalue weighted by Crippen LogP contribution is 2.38. The molecule has 9 atom stereocenters. The fraction of sp³-hybridized carbons (Fsp3) is 0.629. The van der Waals surface area contributed by atoms with Gasteiger partial charge in [0, 0.05) is 18.9 Å². The summed E-state index contributed by atoms with van der Waals surface area (Å²) in [5.74, 6) is 0.134. The molecule has 1 aromatic rings. The van der Waals surface area contributed by atoms with Crippen LogP contribution in [-0.2, 0) is 39.8 Å². The Balaban J connectivity index is 1.53. The first kappa shape index (κ1) is 34.3. The Morgan fingerprint density at radius 2 is 1.77 bits per heavy atom. The molecule has 1 unspecified atom stereocenters. The molecule has 0 spiro atoms. The first-order chi connectivity index (χ1) is 21.1. The van der Waals surface area contributed by atoms with E-state index in [1.807, 2.05) is 25.2 Å². The number of likely N-dealkylation sites (N-methyl/N-ethyl adjacent to an activating group) is 1. The van der Waals surface area contributed by atoms with Crippen molar-refractivity contribution < 1.29 is 37.6 Å². The number of methoxy groups -OCH3 is 1. The topological polar surface area (TPSA) is 75.7 Å². The van der Waals surface area contributed by atoms with E-state index < -0.39 is 12.4 Å². The van der Waals surface area contributed by atoms with Gasteiger partial charge in [-0.05, 0) is 82.8 Å². The van der Waals surface area contributed by atoms with Crippen molar-refractivity contribution in [3.8, 4) is 0 Å². The lowest BCUT2D eigenvalue weighted by Crippen LogP contribution is -2.46. The first-order valence-electron chi connectivity index (χ1n) is 15.9. The van der Waals surface area contributed by atoms with Crippen molar-refractivity contribution in [1.29, 1.82) is 0 Å². The van der Waals surface area contributed by atoms with Crippen molar-refractivity contribution >= 4 is 5.97 Å². The van der Waals surface area contributed by atoms with Gasteiger partial charge < -0.3 is 33.3 Å². The quantitative estimate of drug-likeness (QED) is 0.331. The molecule has 2 saturated heterocycles. The zero-order chi connectivity index (χ0) is 31.6. The monoisotopic (exact) mass is 615 g/mol. The van der Waals surface area contributed by atoms with Crippen molar-refractivity contribution in [3.63, 3.8) is 0 Å². The van der Waals surface area contributed by atoms with Crippen molar-refractivity contribution in [2.24, 2.45) is 11.8 Å². The molecule has 0 bridgehead atoms. The van der Waals surface area contributed by atoms with E-state index in [0.717, 1.165) is 24.8 Å². The number of fused-ring (bicyclic) bond motifs is 1. The van der Waals surface area contributed by atoms with Gasteiger partial charge in [-0.1, -0.05) is 43.4 Å². The third kappa shape index (κ3) is 9.97. The fourth-order valence-electron chi connectivity index (χ4n) is 6.31. The highest BCUT2D eigenvalue weighted by molar-refractivity contribution is 5.71. The number of esters is 1. The second-order valence-electron chi connectivity index (χ2n) is 12.5. The van der Waals surface area contributed by atoms with Gasteiger partial charge in [0.25, 0.3) is 0 Å². The summed E-state index contributed by atoms with van der Waals surface area (Å²) in [4.78, 5) is 14.8. The normalized spacial score (nSPS) is 36.6. The Bertz CT molecular complexity index is 1140. The molecule has 8 nitrogen and oxygen atoms in total. The van der Waals surface area contributed by atoms with E-state index in [2.05, 4.69) is 38.9 Å². The summed E-state index contributed by atoms with van der Waals surface area (Å²) in [6.07, 6.45) is 12.2. The SMILES string of the molecule is CO/C1=C\CC(=O)O[C@H](C)C/C=C/C=C/[C@H](OC2CC[C@H](N(C)C)[C@@H](C)O2)[C@H](C)C[C@@H]2C[C@H](OCc3ccc(F)cc3)O[C@@H]12. The Hall–Kier alpha value is -2.56. The van der Waals surface area contributed by atoms with Gasteiger partial charge in [-0.2, -0.15) is 0 Å². The van der Waals surface area contributed by atoms with Crippen LogP contribution in [0.3, 0.4) is 0 Å².